The predicted molar refractivity (Wildman–Crippen MR) is 84.6 cm³/mol. The molecule has 0 bridgehead atoms. The molecular weight excluding hydrogens is 298 g/mol. The minimum Gasteiger partial charge on any atom is -0.497 e. The summed E-state index contributed by atoms with van der Waals surface area (Å²) in [6.07, 6.45) is 0.838. The van der Waals surface area contributed by atoms with Crippen molar-refractivity contribution in [3.05, 3.63) is 23.8 Å². The molecule has 1 aliphatic rings. The molecule has 126 valence electrons. The summed E-state index contributed by atoms with van der Waals surface area (Å²) >= 11 is 0. The number of fused-ring (bicyclic) bond motifs is 1. The highest BCUT2D eigenvalue weighted by molar-refractivity contribution is 5.80. The molecule has 0 aromatic heterocycles. The van der Waals surface area contributed by atoms with Crippen LogP contribution in [0.2, 0.25) is 0 Å². The first-order valence-electron chi connectivity index (χ1n) is 7.74. The second-order valence-corrected chi connectivity index (χ2v) is 5.43. The Kier molecular flexibility index (Phi) is 5.84. The molecule has 1 amide bonds. The highest BCUT2D eigenvalue weighted by Gasteiger charge is 2.29. The van der Waals surface area contributed by atoms with Gasteiger partial charge in [-0.15, -0.1) is 0 Å². The van der Waals surface area contributed by atoms with Crippen molar-refractivity contribution in [2.75, 3.05) is 33.9 Å². The maximum atomic E-state index is 12.6. The second-order valence-electron chi connectivity index (χ2n) is 5.43. The number of hydrogen-bond donors (Lipinski definition) is 0. The predicted octanol–water partition coefficient (Wildman–Crippen LogP) is 1.66. The number of esters is 1. The molecule has 1 atom stereocenters. The minimum atomic E-state index is -0.311. The van der Waals surface area contributed by atoms with Crippen molar-refractivity contribution < 1.29 is 23.8 Å². The molecule has 1 heterocycles. The smallest absolute Gasteiger partial charge is 0.307 e. The van der Waals surface area contributed by atoms with Crippen LogP contribution in [0.15, 0.2) is 18.2 Å². The van der Waals surface area contributed by atoms with Crippen LogP contribution in [-0.4, -0.2) is 50.7 Å². The zero-order valence-corrected chi connectivity index (χ0v) is 13.8. The number of carbonyl (C=O) groups excluding carboxylic acids is 2. The van der Waals surface area contributed by atoms with Crippen LogP contribution in [0.3, 0.4) is 0 Å². The molecule has 0 fully saturated rings. The fraction of sp³-hybridized carbons (Fsp3) is 0.529. The quantitative estimate of drug-likeness (QED) is 0.746. The van der Waals surface area contributed by atoms with E-state index in [0.717, 1.165) is 17.1 Å². The van der Waals surface area contributed by atoms with E-state index in [2.05, 4.69) is 4.74 Å². The van der Waals surface area contributed by atoms with E-state index in [9.17, 15) is 9.59 Å². The summed E-state index contributed by atoms with van der Waals surface area (Å²) in [5.41, 5.74) is 0.999. The van der Waals surface area contributed by atoms with Crippen molar-refractivity contribution in [2.24, 2.45) is 5.92 Å². The van der Waals surface area contributed by atoms with Crippen LogP contribution in [0.4, 0.5) is 0 Å². The van der Waals surface area contributed by atoms with Crippen molar-refractivity contribution in [2.45, 2.75) is 19.8 Å². The standard InChI is InChI=1S/C17H23NO5/c1-4-18(8-7-16(19)22-3)17(20)13-9-12-5-6-14(21-2)10-15(12)23-11-13/h5-6,10,13H,4,7-9,11H2,1-3H3/t13-/m0/s1. The molecule has 0 saturated carbocycles. The van der Waals surface area contributed by atoms with Crippen LogP contribution in [0, 0.1) is 5.92 Å². The van der Waals surface area contributed by atoms with E-state index in [1.807, 2.05) is 25.1 Å². The highest BCUT2D eigenvalue weighted by Crippen LogP contribution is 2.31. The number of benzene rings is 1. The molecular formula is C17H23NO5. The lowest BCUT2D eigenvalue weighted by atomic mass is 9.95. The van der Waals surface area contributed by atoms with Gasteiger partial charge in [0.2, 0.25) is 5.91 Å². The van der Waals surface area contributed by atoms with Crippen LogP contribution in [0.5, 0.6) is 11.5 Å². The lowest BCUT2D eigenvalue weighted by Crippen LogP contribution is -2.41. The topological polar surface area (TPSA) is 65.1 Å². The first-order chi connectivity index (χ1) is 11.1. The summed E-state index contributed by atoms with van der Waals surface area (Å²) in [6, 6.07) is 5.63. The van der Waals surface area contributed by atoms with Gasteiger partial charge < -0.3 is 19.1 Å². The molecule has 0 unspecified atom stereocenters. The van der Waals surface area contributed by atoms with Crippen molar-refractivity contribution in [1.82, 2.24) is 4.90 Å². The van der Waals surface area contributed by atoms with E-state index in [0.29, 0.717) is 26.1 Å². The second kappa shape index (κ2) is 7.85. The summed E-state index contributed by atoms with van der Waals surface area (Å²) < 4.78 is 15.5. The molecule has 6 heteroatoms. The summed E-state index contributed by atoms with van der Waals surface area (Å²) in [4.78, 5) is 25.6. The molecule has 0 N–H and O–H groups in total. The Balaban J connectivity index is 2.01. The highest BCUT2D eigenvalue weighted by atomic mass is 16.5. The maximum absolute atomic E-state index is 12.6. The van der Waals surface area contributed by atoms with Gasteiger partial charge in [-0.1, -0.05) is 6.07 Å². The molecule has 0 saturated heterocycles. The van der Waals surface area contributed by atoms with Gasteiger partial charge in [0.05, 0.1) is 26.6 Å². The van der Waals surface area contributed by atoms with Gasteiger partial charge in [0.1, 0.15) is 18.1 Å². The number of hydrogen-bond acceptors (Lipinski definition) is 5. The summed E-state index contributed by atoms with van der Waals surface area (Å²) in [6.45, 7) is 3.17. The van der Waals surface area contributed by atoms with Gasteiger partial charge >= 0.3 is 5.97 Å². The lowest BCUT2D eigenvalue weighted by Gasteiger charge is -2.29. The average molecular weight is 321 g/mol. The third kappa shape index (κ3) is 4.15. The van der Waals surface area contributed by atoms with E-state index >= 15 is 0 Å². The number of carbonyl (C=O) groups is 2. The largest absolute Gasteiger partial charge is 0.497 e. The van der Waals surface area contributed by atoms with Crippen LogP contribution >= 0.6 is 0 Å². The zero-order chi connectivity index (χ0) is 16.8. The van der Waals surface area contributed by atoms with Gasteiger partial charge in [-0.2, -0.15) is 0 Å². The lowest BCUT2D eigenvalue weighted by molar-refractivity contribution is -0.142. The minimum absolute atomic E-state index is 0.0119. The van der Waals surface area contributed by atoms with Crippen LogP contribution in [0.25, 0.3) is 0 Å². The molecule has 1 aliphatic heterocycles. The van der Waals surface area contributed by atoms with E-state index in [1.54, 1.807) is 12.0 Å². The Morgan fingerprint density at radius 3 is 2.78 bits per heavy atom. The first kappa shape index (κ1) is 17.1. The number of amides is 1. The van der Waals surface area contributed by atoms with Gasteiger partial charge in [-0.25, -0.2) is 0 Å². The third-order valence-corrected chi connectivity index (χ3v) is 4.04. The summed E-state index contributed by atoms with van der Waals surface area (Å²) in [5, 5.41) is 0. The normalized spacial score (nSPS) is 16.0. The van der Waals surface area contributed by atoms with Crippen LogP contribution in [-0.2, 0) is 20.7 Å². The fourth-order valence-electron chi connectivity index (χ4n) is 2.65. The van der Waals surface area contributed by atoms with Crippen molar-refractivity contribution in [3.63, 3.8) is 0 Å². The van der Waals surface area contributed by atoms with E-state index in [-0.39, 0.29) is 24.2 Å². The molecule has 0 spiro atoms. The zero-order valence-electron chi connectivity index (χ0n) is 13.8. The molecule has 2 rings (SSSR count). The van der Waals surface area contributed by atoms with Crippen LogP contribution in [0.1, 0.15) is 18.9 Å². The number of ether oxygens (including phenoxy) is 3. The number of rotatable bonds is 6. The fourth-order valence-corrected chi connectivity index (χ4v) is 2.65. The van der Waals surface area contributed by atoms with Gasteiger partial charge in [0.15, 0.2) is 0 Å². The van der Waals surface area contributed by atoms with Gasteiger partial charge in [0.25, 0.3) is 0 Å². The van der Waals surface area contributed by atoms with Gasteiger partial charge in [0, 0.05) is 19.2 Å². The summed E-state index contributed by atoms with van der Waals surface area (Å²) in [7, 11) is 2.96. The SMILES string of the molecule is CCN(CCC(=O)OC)C(=O)[C@@H]1COc2cc(OC)ccc2C1. The Bertz CT molecular complexity index is 572. The van der Waals surface area contributed by atoms with E-state index in [4.69, 9.17) is 9.47 Å². The van der Waals surface area contributed by atoms with Crippen molar-refractivity contribution in [3.8, 4) is 11.5 Å². The molecule has 0 aliphatic carbocycles. The number of nitrogens with zero attached hydrogens (tertiary/aromatic N) is 1. The molecule has 6 nitrogen and oxygen atoms in total. The first-order valence-corrected chi connectivity index (χ1v) is 7.74. The van der Waals surface area contributed by atoms with E-state index in [1.165, 1.54) is 7.11 Å². The van der Waals surface area contributed by atoms with Gasteiger partial charge in [-0.3, -0.25) is 9.59 Å². The van der Waals surface area contributed by atoms with E-state index < -0.39 is 0 Å². The summed E-state index contributed by atoms with van der Waals surface area (Å²) in [5.74, 6) is 0.979. The molecule has 23 heavy (non-hydrogen) atoms. The van der Waals surface area contributed by atoms with Crippen LogP contribution < -0.4 is 9.47 Å². The van der Waals surface area contributed by atoms with Crippen molar-refractivity contribution in [1.29, 1.82) is 0 Å². The Labute approximate surface area is 136 Å². The number of methoxy groups -OCH3 is 2. The molecule has 1 aromatic rings. The van der Waals surface area contributed by atoms with Gasteiger partial charge in [-0.05, 0) is 25.0 Å². The Morgan fingerprint density at radius 2 is 2.13 bits per heavy atom. The monoisotopic (exact) mass is 321 g/mol. The molecule has 1 aromatic carbocycles. The maximum Gasteiger partial charge on any atom is 0.307 e. The third-order valence-electron chi connectivity index (χ3n) is 4.04. The van der Waals surface area contributed by atoms with Crippen molar-refractivity contribution >= 4 is 11.9 Å². The Hall–Kier alpha value is -2.24. The average Bonchev–Trinajstić information content (AvgIpc) is 2.60. The Morgan fingerprint density at radius 1 is 1.35 bits per heavy atom. The molecule has 0 radical (unpaired) electrons.